The number of morpholine rings is 1. The second-order valence-corrected chi connectivity index (χ2v) is 10.6. The summed E-state index contributed by atoms with van der Waals surface area (Å²) in [5, 5.41) is 4.23. The average Bonchev–Trinajstić information content (AvgIpc) is 3.28. The lowest BCUT2D eigenvalue weighted by molar-refractivity contribution is -0.141. The molecule has 9 nitrogen and oxygen atoms in total. The van der Waals surface area contributed by atoms with E-state index in [1.807, 2.05) is 30.4 Å². The van der Waals surface area contributed by atoms with Gasteiger partial charge in [0.05, 0.1) is 35.9 Å². The number of ether oxygens (including phenoxy) is 2. The lowest BCUT2D eigenvalue weighted by Crippen LogP contribution is -2.59. The van der Waals surface area contributed by atoms with Crippen molar-refractivity contribution < 1.29 is 14.3 Å². The van der Waals surface area contributed by atoms with E-state index in [2.05, 4.69) is 25.9 Å². The maximum Gasteiger partial charge on any atom is 0.253 e. The van der Waals surface area contributed by atoms with Crippen molar-refractivity contribution in [2.24, 2.45) is 7.05 Å². The first kappa shape index (κ1) is 22.8. The highest BCUT2D eigenvalue weighted by molar-refractivity contribution is 5.95. The number of aryl methyl sites for hydroxylation is 1. The molecule has 0 unspecified atom stereocenters. The Morgan fingerprint density at radius 1 is 1.03 bits per heavy atom. The minimum atomic E-state index is -0.301. The van der Waals surface area contributed by atoms with Crippen LogP contribution in [0.2, 0.25) is 0 Å². The van der Waals surface area contributed by atoms with Crippen LogP contribution in [0.4, 0.5) is 11.4 Å². The third-order valence-electron chi connectivity index (χ3n) is 8.37. The van der Waals surface area contributed by atoms with Gasteiger partial charge in [0.1, 0.15) is 12.7 Å². The highest BCUT2D eigenvalue weighted by Gasteiger charge is 2.43. The van der Waals surface area contributed by atoms with Gasteiger partial charge in [0, 0.05) is 51.5 Å². The van der Waals surface area contributed by atoms with Crippen LogP contribution >= 0.6 is 0 Å². The van der Waals surface area contributed by atoms with E-state index in [4.69, 9.17) is 9.47 Å². The summed E-state index contributed by atoms with van der Waals surface area (Å²) in [7, 11) is 1.87. The first-order chi connectivity index (χ1) is 17.1. The number of hydrogen-bond donors (Lipinski definition) is 0. The number of carbonyl (C=O) groups is 1. The monoisotopic (exact) mass is 480 g/mol. The predicted octanol–water partition coefficient (Wildman–Crippen LogP) is 2.61. The highest BCUT2D eigenvalue weighted by Crippen LogP contribution is 2.34. The molecule has 1 aliphatic carbocycles. The number of amides is 1. The fourth-order valence-electron chi connectivity index (χ4n) is 5.88. The molecule has 5 heterocycles. The van der Waals surface area contributed by atoms with Gasteiger partial charge in [-0.15, -0.1) is 0 Å². The van der Waals surface area contributed by atoms with Crippen LogP contribution in [0, 0.1) is 0 Å². The largest absolute Gasteiger partial charge is 0.474 e. The molecule has 1 saturated carbocycles. The molecule has 1 amide bonds. The van der Waals surface area contributed by atoms with Crippen LogP contribution in [-0.4, -0.2) is 82.6 Å². The Labute approximate surface area is 207 Å². The van der Waals surface area contributed by atoms with E-state index < -0.39 is 0 Å². The standard InChI is InChI=1S/C26H36N6O3/c1-29-17-22(16-28-29)32-19-26(34-18-25(32)33)9-13-31(14-10-26)21-5-6-24(27-15-21)35-23-7-11-30(12-8-23)20-3-2-4-20/h5-6,15-17,20,23H,2-4,7-14,18-19H2,1H3. The normalized spacial score (nSPS) is 24.1. The van der Waals surface area contributed by atoms with Crippen LogP contribution in [0.15, 0.2) is 30.7 Å². The third kappa shape index (κ3) is 4.76. The Kier molecular flexibility index (Phi) is 6.14. The van der Waals surface area contributed by atoms with Crippen LogP contribution < -0.4 is 14.5 Å². The van der Waals surface area contributed by atoms with Crippen molar-refractivity contribution in [1.29, 1.82) is 0 Å². The molecule has 1 spiro atoms. The van der Waals surface area contributed by atoms with Gasteiger partial charge in [0.15, 0.2) is 0 Å². The van der Waals surface area contributed by atoms with Gasteiger partial charge >= 0.3 is 0 Å². The molecule has 0 N–H and O–H groups in total. The molecule has 2 aromatic heterocycles. The van der Waals surface area contributed by atoms with Gasteiger partial charge in [-0.25, -0.2) is 4.98 Å². The zero-order valence-corrected chi connectivity index (χ0v) is 20.6. The first-order valence-electron chi connectivity index (χ1n) is 13.1. The highest BCUT2D eigenvalue weighted by atomic mass is 16.5. The van der Waals surface area contributed by atoms with E-state index in [1.54, 1.807) is 10.9 Å². The number of hydrogen-bond acceptors (Lipinski definition) is 7. The van der Waals surface area contributed by atoms with Gasteiger partial charge < -0.3 is 24.2 Å². The lowest BCUT2D eigenvalue weighted by Gasteiger charge is -2.47. The molecule has 3 saturated heterocycles. The van der Waals surface area contributed by atoms with Crippen molar-refractivity contribution in [2.45, 2.75) is 62.7 Å². The third-order valence-corrected chi connectivity index (χ3v) is 8.37. The van der Waals surface area contributed by atoms with Crippen molar-refractivity contribution in [1.82, 2.24) is 19.7 Å². The summed E-state index contributed by atoms with van der Waals surface area (Å²) in [5.41, 5.74) is 1.66. The first-order valence-corrected chi connectivity index (χ1v) is 13.1. The number of anilines is 2. The smallest absolute Gasteiger partial charge is 0.253 e. The van der Waals surface area contributed by atoms with Crippen molar-refractivity contribution in [3.63, 3.8) is 0 Å². The molecule has 3 aliphatic heterocycles. The van der Waals surface area contributed by atoms with Crippen LogP contribution in [0.5, 0.6) is 5.88 Å². The molecule has 0 aromatic carbocycles. The van der Waals surface area contributed by atoms with Crippen LogP contribution in [-0.2, 0) is 16.6 Å². The van der Waals surface area contributed by atoms with Gasteiger partial charge in [-0.05, 0) is 44.6 Å². The molecule has 188 valence electrons. The van der Waals surface area contributed by atoms with Gasteiger partial charge in [0.25, 0.3) is 5.91 Å². The Morgan fingerprint density at radius 2 is 1.83 bits per heavy atom. The number of aromatic nitrogens is 3. The van der Waals surface area contributed by atoms with Gasteiger partial charge in [-0.2, -0.15) is 5.10 Å². The second-order valence-electron chi connectivity index (χ2n) is 10.6. The molecule has 0 atom stereocenters. The minimum Gasteiger partial charge on any atom is -0.474 e. The number of pyridine rings is 1. The minimum absolute atomic E-state index is 0.000412. The van der Waals surface area contributed by atoms with Gasteiger partial charge in [-0.1, -0.05) is 6.42 Å². The molecule has 4 fully saturated rings. The zero-order valence-electron chi connectivity index (χ0n) is 20.6. The fraction of sp³-hybridized carbons (Fsp3) is 0.654. The summed E-state index contributed by atoms with van der Waals surface area (Å²) in [4.78, 5) is 23.9. The molecule has 4 aliphatic rings. The second kappa shape index (κ2) is 9.43. The number of nitrogens with zero attached hydrogens (tertiary/aromatic N) is 6. The average molecular weight is 481 g/mol. The van der Waals surface area contributed by atoms with E-state index in [-0.39, 0.29) is 24.2 Å². The quantitative estimate of drug-likeness (QED) is 0.651. The molecule has 35 heavy (non-hydrogen) atoms. The van der Waals surface area contributed by atoms with Crippen molar-refractivity contribution in [3.8, 4) is 5.88 Å². The molecular formula is C26H36N6O3. The Morgan fingerprint density at radius 3 is 2.46 bits per heavy atom. The summed E-state index contributed by atoms with van der Waals surface area (Å²) < 4.78 is 14.1. The van der Waals surface area contributed by atoms with E-state index in [0.717, 1.165) is 75.2 Å². The van der Waals surface area contributed by atoms with Crippen molar-refractivity contribution in [3.05, 3.63) is 30.7 Å². The van der Waals surface area contributed by atoms with Crippen molar-refractivity contribution >= 4 is 17.3 Å². The number of rotatable bonds is 5. The molecular weight excluding hydrogens is 444 g/mol. The van der Waals surface area contributed by atoms with Crippen molar-refractivity contribution in [2.75, 3.05) is 49.1 Å². The van der Waals surface area contributed by atoms with E-state index >= 15 is 0 Å². The zero-order chi connectivity index (χ0) is 23.8. The SMILES string of the molecule is Cn1cc(N2CC3(CCN(c4ccc(OC5CCN(C6CCC6)CC5)nc4)CC3)OCC2=O)cn1. The molecule has 9 heteroatoms. The van der Waals surface area contributed by atoms with Crippen LogP contribution in [0.25, 0.3) is 0 Å². The maximum atomic E-state index is 12.5. The molecule has 6 rings (SSSR count). The summed E-state index contributed by atoms with van der Waals surface area (Å²) in [6.45, 7) is 4.74. The van der Waals surface area contributed by atoms with E-state index in [9.17, 15) is 4.79 Å². The fourth-order valence-corrected chi connectivity index (χ4v) is 5.88. The van der Waals surface area contributed by atoms with E-state index in [1.165, 1.54) is 19.3 Å². The molecule has 2 aromatic rings. The van der Waals surface area contributed by atoms with Gasteiger partial charge in [0.2, 0.25) is 5.88 Å². The summed E-state index contributed by atoms with van der Waals surface area (Å²) >= 11 is 0. The number of carbonyl (C=O) groups excluding carboxylic acids is 1. The van der Waals surface area contributed by atoms with Crippen LogP contribution in [0.1, 0.15) is 44.9 Å². The number of likely N-dealkylation sites (tertiary alicyclic amines) is 1. The Bertz CT molecular complexity index is 1020. The van der Waals surface area contributed by atoms with Gasteiger partial charge in [-0.3, -0.25) is 9.48 Å². The topological polar surface area (TPSA) is 76.0 Å². The summed E-state index contributed by atoms with van der Waals surface area (Å²) in [6, 6.07) is 4.96. The molecule has 0 radical (unpaired) electrons. The maximum absolute atomic E-state index is 12.5. The Balaban J connectivity index is 1.01. The summed E-state index contributed by atoms with van der Waals surface area (Å²) in [5.74, 6) is 0.727. The molecule has 0 bridgehead atoms. The predicted molar refractivity (Wildman–Crippen MR) is 133 cm³/mol. The van der Waals surface area contributed by atoms with Crippen LogP contribution in [0.3, 0.4) is 0 Å². The Hall–Kier alpha value is -2.65. The summed E-state index contributed by atoms with van der Waals surface area (Å²) in [6.07, 6.45) is 13.9. The van der Waals surface area contributed by atoms with E-state index in [0.29, 0.717) is 6.54 Å². The number of piperidine rings is 2. The lowest BCUT2D eigenvalue weighted by atomic mass is 9.89.